The van der Waals surface area contributed by atoms with Crippen LogP contribution in [0, 0.1) is 6.92 Å². The van der Waals surface area contributed by atoms with Gasteiger partial charge >= 0.3 is 0 Å². The van der Waals surface area contributed by atoms with E-state index < -0.39 is 0 Å². The Bertz CT molecular complexity index is 723. The third kappa shape index (κ3) is 2.89. The van der Waals surface area contributed by atoms with Gasteiger partial charge in [0.15, 0.2) is 0 Å². The Hall–Kier alpha value is -2.49. The number of anilines is 1. The van der Waals surface area contributed by atoms with E-state index in [1.165, 1.54) is 0 Å². The van der Waals surface area contributed by atoms with Crippen LogP contribution in [0.2, 0.25) is 0 Å². The number of hydrogen-bond acceptors (Lipinski definition) is 3. The lowest BCUT2D eigenvalue weighted by molar-refractivity contribution is 0.0734. The number of nitrogens with zero attached hydrogens (tertiary/aromatic N) is 1. The Morgan fingerprint density at radius 3 is 2.48 bits per heavy atom. The molecule has 23 heavy (non-hydrogen) atoms. The summed E-state index contributed by atoms with van der Waals surface area (Å²) in [6.45, 7) is 5.97. The van der Waals surface area contributed by atoms with Gasteiger partial charge in [-0.25, -0.2) is 0 Å². The van der Waals surface area contributed by atoms with Crippen molar-refractivity contribution in [1.82, 2.24) is 4.90 Å². The Kier molecular flexibility index (Phi) is 3.99. The van der Waals surface area contributed by atoms with Crippen LogP contribution in [0.15, 0.2) is 42.5 Å². The van der Waals surface area contributed by atoms with Crippen LogP contribution in [0.5, 0.6) is 5.75 Å². The van der Waals surface area contributed by atoms with Gasteiger partial charge in [-0.2, -0.15) is 0 Å². The molecule has 0 aromatic heterocycles. The van der Waals surface area contributed by atoms with E-state index in [2.05, 4.69) is 5.32 Å². The minimum Gasteiger partial charge on any atom is -0.491 e. The van der Waals surface area contributed by atoms with E-state index in [1.54, 1.807) is 4.90 Å². The largest absolute Gasteiger partial charge is 0.491 e. The molecule has 2 aromatic rings. The molecular formula is C19H22N2O2. The standard InChI is InChI=1S/C19H22N2O2/c1-12(2)23-15-10-8-14(9-11-15)18-20-16-7-5-6-13(3)17(16)19(22)21(18)4/h5-12,18,20H,1-4H3. The average Bonchev–Trinajstić information content (AvgIpc) is 2.51. The fraction of sp³-hybridized carbons (Fsp3) is 0.316. The van der Waals surface area contributed by atoms with E-state index in [-0.39, 0.29) is 18.2 Å². The second-order valence-electron chi connectivity index (χ2n) is 6.20. The summed E-state index contributed by atoms with van der Waals surface area (Å²) in [6, 6.07) is 13.8. The second-order valence-corrected chi connectivity index (χ2v) is 6.20. The van der Waals surface area contributed by atoms with Crippen molar-refractivity contribution in [2.24, 2.45) is 0 Å². The van der Waals surface area contributed by atoms with Crippen molar-refractivity contribution in [3.8, 4) is 5.75 Å². The van der Waals surface area contributed by atoms with Gasteiger partial charge in [0.1, 0.15) is 11.9 Å². The van der Waals surface area contributed by atoms with E-state index in [0.29, 0.717) is 0 Å². The molecule has 0 bridgehead atoms. The number of rotatable bonds is 3. The summed E-state index contributed by atoms with van der Waals surface area (Å²) in [4.78, 5) is 14.4. The lowest BCUT2D eigenvalue weighted by Gasteiger charge is -2.36. The third-order valence-corrected chi connectivity index (χ3v) is 4.05. The minimum absolute atomic E-state index is 0.0457. The smallest absolute Gasteiger partial charge is 0.257 e. The van der Waals surface area contributed by atoms with Gasteiger partial charge in [-0.3, -0.25) is 4.79 Å². The molecule has 1 atom stereocenters. The third-order valence-electron chi connectivity index (χ3n) is 4.05. The van der Waals surface area contributed by atoms with Gasteiger partial charge in [-0.15, -0.1) is 0 Å². The fourth-order valence-electron chi connectivity index (χ4n) is 2.92. The van der Waals surface area contributed by atoms with Gasteiger partial charge in [0.2, 0.25) is 0 Å². The lowest BCUT2D eigenvalue weighted by atomic mass is 10.00. The normalized spacial score (nSPS) is 17.0. The van der Waals surface area contributed by atoms with Crippen molar-refractivity contribution in [2.75, 3.05) is 12.4 Å². The molecule has 4 nitrogen and oxygen atoms in total. The van der Waals surface area contributed by atoms with Crippen molar-refractivity contribution in [1.29, 1.82) is 0 Å². The molecule has 0 saturated heterocycles. The number of carbonyl (C=O) groups is 1. The van der Waals surface area contributed by atoms with Crippen molar-refractivity contribution in [2.45, 2.75) is 33.0 Å². The first-order chi connectivity index (χ1) is 11.0. The van der Waals surface area contributed by atoms with Gasteiger partial charge < -0.3 is 15.0 Å². The Labute approximate surface area is 137 Å². The number of aryl methyl sites for hydroxylation is 1. The molecule has 4 heteroatoms. The quantitative estimate of drug-likeness (QED) is 0.932. The van der Waals surface area contributed by atoms with Crippen LogP contribution in [0.25, 0.3) is 0 Å². The Balaban J connectivity index is 1.91. The van der Waals surface area contributed by atoms with Crippen molar-refractivity contribution in [3.05, 3.63) is 59.2 Å². The molecule has 0 spiro atoms. The Morgan fingerprint density at radius 1 is 1.13 bits per heavy atom. The monoisotopic (exact) mass is 310 g/mol. The maximum absolute atomic E-state index is 12.7. The molecule has 1 aliphatic rings. The molecule has 1 unspecified atom stereocenters. The lowest BCUT2D eigenvalue weighted by Crippen LogP contribution is -2.40. The zero-order valence-corrected chi connectivity index (χ0v) is 14.0. The van der Waals surface area contributed by atoms with Crippen molar-refractivity contribution in [3.63, 3.8) is 0 Å². The van der Waals surface area contributed by atoms with E-state index in [9.17, 15) is 4.79 Å². The van der Waals surface area contributed by atoms with Crippen molar-refractivity contribution < 1.29 is 9.53 Å². The topological polar surface area (TPSA) is 41.6 Å². The summed E-state index contributed by atoms with van der Waals surface area (Å²) in [5.74, 6) is 0.883. The number of amides is 1. The molecule has 2 aromatic carbocycles. The molecular weight excluding hydrogens is 288 g/mol. The number of benzene rings is 2. The molecule has 1 N–H and O–H groups in total. The van der Waals surface area contributed by atoms with E-state index in [1.807, 2.05) is 70.3 Å². The van der Waals surface area contributed by atoms with Crippen LogP contribution < -0.4 is 10.1 Å². The van der Waals surface area contributed by atoms with Crippen LogP contribution in [0.1, 0.15) is 41.5 Å². The number of fused-ring (bicyclic) bond motifs is 1. The van der Waals surface area contributed by atoms with E-state index >= 15 is 0 Å². The molecule has 1 amide bonds. The minimum atomic E-state index is -0.176. The molecule has 0 aliphatic carbocycles. The second kappa shape index (κ2) is 5.95. The van der Waals surface area contributed by atoms with Crippen molar-refractivity contribution >= 4 is 11.6 Å². The SMILES string of the molecule is Cc1cccc2c1C(=O)N(C)C(c1ccc(OC(C)C)cc1)N2. The van der Waals surface area contributed by atoms with Gasteiger partial charge in [0.05, 0.1) is 11.7 Å². The maximum atomic E-state index is 12.7. The number of hydrogen-bond donors (Lipinski definition) is 1. The summed E-state index contributed by atoms with van der Waals surface area (Å²) < 4.78 is 5.68. The first-order valence-electron chi connectivity index (χ1n) is 7.87. The molecule has 0 radical (unpaired) electrons. The number of carbonyl (C=O) groups excluding carboxylic acids is 1. The van der Waals surface area contributed by atoms with Gasteiger partial charge in [0, 0.05) is 12.7 Å². The molecule has 1 aliphatic heterocycles. The van der Waals surface area contributed by atoms with E-state index in [4.69, 9.17) is 4.74 Å². The predicted molar refractivity (Wildman–Crippen MR) is 91.8 cm³/mol. The first-order valence-corrected chi connectivity index (χ1v) is 7.87. The summed E-state index contributed by atoms with van der Waals surface area (Å²) in [5, 5.41) is 3.46. The van der Waals surface area contributed by atoms with Crippen LogP contribution in [0.4, 0.5) is 5.69 Å². The summed E-state index contributed by atoms with van der Waals surface area (Å²) >= 11 is 0. The highest BCUT2D eigenvalue weighted by Gasteiger charge is 2.31. The van der Waals surface area contributed by atoms with Gasteiger partial charge in [-0.1, -0.05) is 24.3 Å². The highest BCUT2D eigenvalue weighted by molar-refractivity contribution is 6.02. The average molecular weight is 310 g/mol. The summed E-state index contributed by atoms with van der Waals surface area (Å²) in [7, 11) is 1.83. The van der Waals surface area contributed by atoms with E-state index in [0.717, 1.165) is 28.1 Å². The van der Waals surface area contributed by atoms with Crippen LogP contribution in [-0.4, -0.2) is 24.0 Å². The zero-order valence-electron chi connectivity index (χ0n) is 14.0. The molecule has 0 fully saturated rings. The highest BCUT2D eigenvalue weighted by Crippen LogP contribution is 2.34. The first kappa shape index (κ1) is 15.4. The van der Waals surface area contributed by atoms with Crippen LogP contribution >= 0.6 is 0 Å². The molecule has 1 heterocycles. The molecule has 0 saturated carbocycles. The highest BCUT2D eigenvalue weighted by atomic mass is 16.5. The molecule has 120 valence electrons. The summed E-state index contributed by atoms with van der Waals surface area (Å²) in [6.07, 6.45) is -0.0299. The maximum Gasteiger partial charge on any atom is 0.257 e. The van der Waals surface area contributed by atoms with Crippen LogP contribution in [-0.2, 0) is 0 Å². The van der Waals surface area contributed by atoms with Crippen LogP contribution in [0.3, 0.4) is 0 Å². The Morgan fingerprint density at radius 2 is 1.83 bits per heavy atom. The predicted octanol–water partition coefficient (Wildman–Crippen LogP) is 3.98. The fourth-order valence-corrected chi connectivity index (χ4v) is 2.92. The van der Waals surface area contributed by atoms with Gasteiger partial charge in [0.25, 0.3) is 5.91 Å². The van der Waals surface area contributed by atoms with Gasteiger partial charge in [-0.05, 0) is 50.1 Å². The zero-order chi connectivity index (χ0) is 16.6. The number of nitrogens with one attached hydrogen (secondary N) is 1. The molecule has 3 rings (SSSR count). The summed E-state index contributed by atoms with van der Waals surface area (Å²) in [5.41, 5.74) is 3.67. The number of ether oxygens (including phenoxy) is 1.